The summed E-state index contributed by atoms with van der Waals surface area (Å²) >= 11 is 6.30. The van der Waals surface area contributed by atoms with E-state index in [1.54, 1.807) is 38.3 Å². The Kier molecular flexibility index (Phi) is 6.51. The van der Waals surface area contributed by atoms with Gasteiger partial charge in [0.25, 0.3) is 5.56 Å². The predicted molar refractivity (Wildman–Crippen MR) is 112 cm³/mol. The number of esters is 1. The van der Waals surface area contributed by atoms with Crippen LogP contribution in [0.3, 0.4) is 0 Å². The normalized spacial score (nSPS) is 10.9. The van der Waals surface area contributed by atoms with Crippen molar-refractivity contribution >= 4 is 28.7 Å². The Hall–Kier alpha value is -3.20. The fourth-order valence-electron chi connectivity index (χ4n) is 3.01. The molecule has 9 nitrogen and oxygen atoms in total. The average Bonchev–Trinajstić information content (AvgIpc) is 2.74. The minimum absolute atomic E-state index is 0.0171. The summed E-state index contributed by atoms with van der Waals surface area (Å²) in [6, 6.07) is 6.98. The van der Waals surface area contributed by atoms with Crippen LogP contribution in [-0.4, -0.2) is 38.8 Å². The molecule has 0 fully saturated rings. The van der Waals surface area contributed by atoms with Crippen molar-refractivity contribution < 1.29 is 14.3 Å². The number of halogens is 1. The predicted octanol–water partition coefficient (Wildman–Crippen LogP) is 2.16. The first-order valence-corrected chi connectivity index (χ1v) is 9.72. The van der Waals surface area contributed by atoms with Crippen molar-refractivity contribution in [3.8, 4) is 17.0 Å². The Balaban J connectivity index is 2.05. The van der Waals surface area contributed by atoms with Crippen molar-refractivity contribution in [1.29, 1.82) is 0 Å². The summed E-state index contributed by atoms with van der Waals surface area (Å²) in [5.41, 5.74) is -0.0647. The van der Waals surface area contributed by atoms with Gasteiger partial charge in [-0.15, -0.1) is 0 Å². The highest BCUT2D eigenvalue weighted by molar-refractivity contribution is 6.32. The van der Waals surface area contributed by atoms with Gasteiger partial charge in [0.1, 0.15) is 11.4 Å². The van der Waals surface area contributed by atoms with Crippen LogP contribution in [0.2, 0.25) is 5.15 Å². The van der Waals surface area contributed by atoms with Gasteiger partial charge in [-0.3, -0.25) is 18.7 Å². The van der Waals surface area contributed by atoms with E-state index in [1.165, 1.54) is 11.6 Å². The molecule has 158 valence electrons. The number of fused-ring (bicyclic) bond motifs is 1. The van der Waals surface area contributed by atoms with E-state index in [2.05, 4.69) is 9.97 Å². The fraction of sp³-hybridized carbons (Fsp3) is 0.350. The minimum atomic E-state index is -0.587. The van der Waals surface area contributed by atoms with Gasteiger partial charge >= 0.3 is 11.7 Å². The third kappa shape index (κ3) is 4.20. The zero-order valence-electron chi connectivity index (χ0n) is 16.8. The lowest BCUT2D eigenvalue weighted by Crippen LogP contribution is -2.40. The Morgan fingerprint density at radius 2 is 1.87 bits per heavy atom. The van der Waals surface area contributed by atoms with Gasteiger partial charge in [0.2, 0.25) is 0 Å². The third-order valence-electron chi connectivity index (χ3n) is 4.55. The average molecular weight is 433 g/mol. The lowest BCUT2D eigenvalue weighted by Gasteiger charge is -2.11. The van der Waals surface area contributed by atoms with Crippen LogP contribution < -0.4 is 16.0 Å². The highest BCUT2D eigenvalue weighted by Gasteiger charge is 2.18. The molecule has 0 aliphatic carbocycles. The molecular weight excluding hydrogens is 412 g/mol. The minimum Gasteiger partial charge on any atom is -0.497 e. The number of rotatable bonds is 7. The number of benzene rings is 1. The number of hydrogen-bond acceptors (Lipinski definition) is 7. The topological polar surface area (TPSA) is 105 Å². The lowest BCUT2D eigenvalue weighted by molar-refractivity contribution is -0.143. The maximum absolute atomic E-state index is 13.0. The molecule has 3 rings (SSSR count). The van der Waals surface area contributed by atoms with Crippen molar-refractivity contribution in [2.24, 2.45) is 7.05 Å². The van der Waals surface area contributed by atoms with Crippen LogP contribution in [0.15, 0.2) is 33.9 Å². The zero-order chi connectivity index (χ0) is 21.8. The molecule has 3 aromatic rings. The Morgan fingerprint density at radius 1 is 1.17 bits per heavy atom. The Labute approximate surface area is 176 Å². The van der Waals surface area contributed by atoms with Crippen molar-refractivity contribution in [2.75, 3.05) is 13.7 Å². The maximum Gasteiger partial charge on any atom is 0.332 e. The van der Waals surface area contributed by atoms with Crippen molar-refractivity contribution in [3.63, 3.8) is 0 Å². The number of hydrogen-bond donors (Lipinski definition) is 0. The van der Waals surface area contributed by atoms with Gasteiger partial charge in [-0.2, -0.15) is 0 Å². The lowest BCUT2D eigenvalue weighted by atomic mass is 10.1. The van der Waals surface area contributed by atoms with Crippen molar-refractivity contribution in [1.82, 2.24) is 19.1 Å². The summed E-state index contributed by atoms with van der Waals surface area (Å²) in [5.74, 6) is 0.284. The fourth-order valence-corrected chi connectivity index (χ4v) is 3.25. The van der Waals surface area contributed by atoms with Gasteiger partial charge in [0, 0.05) is 25.6 Å². The Bertz CT molecular complexity index is 1200. The van der Waals surface area contributed by atoms with Crippen LogP contribution in [0.25, 0.3) is 22.4 Å². The van der Waals surface area contributed by atoms with E-state index in [0.29, 0.717) is 17.0 Å². The standard InChI is InChI=1S/C20H21ClN4O5/c1-4-30-14(26)6-5-11-25-19(27)16-18(24(2)20(25)28)23-17(21)15(22-16)12-7-9-13(29-3)10-8-12/h7-10H,4-6,11H2,1-3H3. The second kappa shape index (κ2) is 9.08. The van der Waals surface area contributed by atoms with E-state index in [4.69, 9.17) is 21.1 Å². The van der Waals surface area contributed by atoms with Crippen LogP contribution in [-0.2, 0) is 23.1 Å². The summed E-state index contributed by atoms with van der Waals surface area (Å²) < 4.78 is 12.3. The molecule has 0 spiro atoms. The highest BCUT2D eigenvalue weighted by atomic mass is 35.5. The second-order valence-corrected chi connectivity index (χ2v) is 6.83. The molecule has 30 heavy (non-hydrogen) atoms. The largest absolute Gasteiger partial charge is 0.497 e. The molecule has 2 heterocycles. The molecule has 10 heteroatoms. The smallest absolute Gasteiger partial charge is 0.332 e. The second-order valence-electron chi connectivity index (χ2n) is 6.47. The molecule has 1 aromatic carbocycles. The van der Waals surface area contributed by atoms with Gasteiger partial charge in [-0.25, -0.2) is 14.8 Å². The first-order valence-electron chi connectivity index (χ1n) is 9.34. The zero-order valence-corrected chi connectivity index (χ0v) is 17.6. The molecule has 0 aliphatic rings. The van der Waals surface area contributed by atoms with Crippen LogP contribution in [0.1, 0.15) is 19.8 Å². The highest BCUT2D eigenvalue weighted by Crippen LogP contribution is 2.27. The molecule has 0 aliphatic heterocycles. The van der Waals surface area contributed by atoms with Crippen molar-refractivity contribution in [2.45, 2.75) is 26.3 Å². The van der Waals surface area contributed by atoms with Crippen LogP contribution >= 0.6 is 11.6 Å². The molecule has 0 saturated heterocycles. The Morgan fingerprint density at radius 3 is 2.50 bits per heavy atom. The van der Waals surface area contributed by atoms with Gasteiger partial charge in [0.05, 0.1) is 13.7 Å². The molecule has 0 amide bonds. The first kappa shape index (κ1) is 21.5. The molecule has 0 bridgehead atoms. The van der Waals surface area contributed by atoms with Crippen LogP contribution in [0.5, 0.6) is 5.75 Å². The summed E-state index contributed by atoms with van der Waals surface area (Å²) in [6.07, 6.45) is 0.386. The maximum atomic E-state index is 13.0. The quantitative estimate of drug-likeness (QED) is 0.527. The summed E-state index contributed by atoms with van der Waals surface area (Å²) in [6.45, 7) is 2.05. The summed E-state index contributed by atoms with van der Waals surface area (Å²) in [7, 11) is 3.05. The van der Waals surface area contributed by atoms with Crippen LogP contribution in [0, 0.1) is 0 Å². The first-order chi connectivity index (χ1) is 14.4. The number of carbonyl (C=O) groups is 1. The molecule has 0 atom stereocenters. The summed E-state index contributed by atoms with van der Waals surface area (Å²) in [4.78, 5) is 45.8. The van der Waals surface area contributed by atoms with Gasteiger partial charge in [0.15, 0.2) is 16.3 Å². The van der Waals surface area contributed by atoms with Gasteiger partial charge in [-0.1, -0.05) is 11.6 Å². The van der Waals surface area contributed by atoms with E-state index in [-0.39, 0.29) is 48.3 Å². The molecule has 2 aromatic heterocycles. The molecule has 0 N–H and O–H groups in total. The molecule has 0 unspecified atom stereocenters. The molecule has 0 saturated carbocycles. The van der Waals surface area contributed by atoms with E-state index in [9.17, 15) is 14.4 Å². The van der Waals surface area contributed by atoms with Gasteiger partial charge in [-0.05, 0) is 37.6 Å². The van der Waals surface area contributed by atoms with Crippen molar-refractivity contribution in [3.05, 3.63) is 50.3 Å². The molecular formula is C20H21ClN4O5. The number of methoxy groups -OCH3 is 1. The van der Waals surface area contributed by atoms with E-state index >= 15 is 0 Å². The van der Waals surface area contributed by atoms with Crippen LogP contribution in [0.4, 0.5) is 0 Å². The molecule has 0 radical (unpaired) electrons. The SMILES string of the molecule is CCOC(=O)CCCn1c(=O)c2nc(-c3ccc(OC)cc3)c(Cl)nc2n(C)c1=O. The van der Waals surface area contributed by atoms with Gasteiger partial charge < -0.3 is 9.47 Å². The monoisotopic (exact) mass is 432 g/mol. The van der Waals surface area contributed by atoms with E-state index < -0.39 is 11.2 Å². The number of aromatic nitrogens is 4. The van der Waals surface area contributed by atoms with E-state index in [1.807, 2.05) is 0 Å². The number of carbonyl (C=O) groups excluding carboxylic acids is 1. The third-order valence-corrected chi connectivity index (χ3v) is 4.81. The number of aryl methyl sites for hydroxylation is 1. The van der Waals surface area contributed by atoms with E-state index in [0.717, 1.165) is 4.57 Å². The summed E-state index contributed by atoms with van der Waals surface area (Å²) in [5, 5.41) is 0.0714. The number of ether oxygens (including phenoxy) is 2. The number of nitrogens with zero attached hydrogens (tertiary/aromatic N) is 4.